The van der Waals surface area contributed by atoms with Crippen LogP contribution in [0, 0.1) is 0 Å². The first-order valence-corrected chi connectivity index (χ1v) is 7.70. The molecular weight excluding hydrogens is 314 g/mol. The fraction of sp³-hybridized carbons (Fsp3) is 0.533. The molecule has 9 nitrogen and oxygen atoms in total. The summed E-state index contributed by atoms with van der Waals surface area (Å²) >= 11 is 0. The average molecular weight is 335 g/mol. The molecule has 3 rings (SSSR count). The van der Waals surface area contributed by atoms with Gasteiger partial charge in [-0.1, -0.05) is 11.6 Å². The van der Waals surface area contributed by atoms with Crippen molar-refractivity contribution in [3.05, 3.63) is 24.3 Å². The Bertz CT molecular complexity index is 743. The van der Waals surface area contributed by atoms with Crippen LogP contribution >= 0.6 is 0 Å². The zero-order chi connectivity index (χ0) is 17.3. The van der Waals surface area contributed by atoms with Gasteiger partial charge in [-0.15, -0.1) is 0 Å². The number of anilines is 1. The molecule has 0 aromatic carbocycles. The van der Waals surface area contributed by atoms with Crippen molar-refractivity contribution in [2.45, 2.75) is 38.4 Å². The van der Waals surface area contributed by atoms with Gasteiger partial charge in [0.15, 0.2) is 23.2 Å². The second-order valence-corrected chi connectivity index (χ2v) is 5.94. The van der Waals surface area contributed by atoms with Crippen LogP contribution < -0.4 is 5.32 Å². The Morgan fingerprint density at radius 2 is 2.08 bits per heavy atom. The Morgan fingerprint density at radius 3 is 2.75 bits per heavy atom. The number of nitrogens with zero attached hydrogens (tertiary/aromatic N) is 4. The molecule has 4 N–H and O–H groups in total. The van der Waals surface area contributed by atoms with E-state index < -0.39 is 24.5 Å². The number of fused-ring (bicyclic) bond motifs is 1. The van der Waals surface area contributed by atoms with Gasteiger partial charge in [0.1, 0.15) is 24.6 Å². The summed E-state index contributed by atoms with van der Waals surface area (Å²) in [6, 6.07) is 0. The second-order valence-electron chi connectivity index (χ2n) is 5.94. The number of rotatable bonds is 5. The summed E-state index contributed by atoms with van der Waals surface area (Å²) in [5.74, 6) is 0.572. The number of allylic oxidation sites excluding steroid dienone is 1. The van der Waals surface area contributed by atoms with E-state index in [0.29, 0.717) is 23.5 Å². The lowest BCUT2D eigenvalue weighted by molar-refractivity contribution is -0.0511. The molecule has 0 aliphatic carbocycles. The van der Waals surface area contributed by atoms with Crippen molar-refractivity contribution in [2.24, 2.45) is 0 Å². The Hall–Kier alpha value is -2.07. The maximum atomic E-state index is 10.2. The summed E-state index contributed by atoms with van der Waals surface area (Å²) in [6.07, 6.45) is 0.823. The van der Waals surface area contributed by atoms with Crippen LogP contribution in [0.3, 0.4) is 0 Å². The standard InChI is InChI=1S/C15H21N5O4/c1-8(2)3-4-16-13-10-14(18-6-17-13)20(7-19-10)15-12(23)11(22)9(5-21)24-15/h3,6-7,9,11-12,15,21-23H,4-5H2,1-2H3,(H,16,17,18)/t9-,11-,12-,15?/m1/s1. The SMILES string of the molecule is CC(C)=CCNc1ncnc2c1ncn2C1O[C@H](CO)[C@@H](O)[C@H]1O. The van der Waals surface area contributed by atoms with E-state index in [1.54, 1.807) is 0 Å². The van der Waals surface area contributed by atoms with Crippen molar-refractivity contribution in [3.8, 4) is 0 Å². The number of nitrogens with one attached hydrogen (secondary N) is 1. The van der Waals surface area contributed by atoms with E-state index in [4.69, 9.17) is 4.74 Å². The van der Waals surface area contributed by atoms with Gasteiger partial charge in [0.25, 0.3) is 0 Å². The Kier molecular flexibility index (Phi) is 4.76. The van der Waals surface area contributed by atoms with E-state index in [1.807, 2.05) is 19.9 Å². The number of ether oxygens (including phenoxy) is 1. The first-order valence-electron chi connectivity index (χ1n) is 7.70. The van der Waals surface area contributed by atoms with Gasteiger partial charge in [0.2, 0.25) is 0 Å². The number of aliphatic hydroxyl groups excluding tert-OH is 3. The highest BCUT2D eigenvalue weighted by molar-refractivity contribution is 5.82. The third-order valence-corrected chi connectivity index (χ3v) is 3.93. The zero-order valence-corrected chi connectivity index (χ0v) is 13.5. The maximum Gasteiger partial charge on any atom is 0.167 e. The molecule has 0 amide bonds. The number of aromatic nitrogens is 4. The third-order valence-electron chi connectivity index (χ3n) is 3.93. The quantitative estimate of drug-likeness (QED) is 0.554. The molecule has 2 aromatic rings. The van der Waals surface area contributed by atoms with Gasteiger partial charge in [-0.05, 0) is 13.8 Å². The molecule has 24 heavy (non-hydrogen) atoms. The Morgan fingerprint density at radius 1 is 1.29 bits per heavy atom. The highest BCUT2D eigenvalue weighted by Crippen LogP contribution is 2.31. The number of aliphatic hydroxyl groups is 3. The van der Waals surface area contributed by atoms with Gasteiger partial charge in [-0.2, -0.15) is 0 Å². The lowest BCUT2D eigenvalue weighted by Crippen LogP contribution is -2.33. The topological polar surface area (TPSA) is 126 Å². The summed E-state index contributed by atoms with van der Waals surface area (Å²) in [7, 11) is 0. The van der Waals surface area contributed by atoms with Crippen molar-refractivity contribution >= 4 is 17.0 Å². The minimum Gasteiger partial charge on any atom is -0.394 e. The van der Waals surface area contributed by atoms with Crippen LogP contribution in [0.2, 0.25) is 0 Å². The summed E-state index contributed by atoms with van der Waals surface area (Å²) in [5.41, 5.74) is 2.20. The molecule has 1 aliphatic rings. The minimum absolute atomic E-state index is 0.383. The van der Waals surface area contributed by atoms with Gasteiger partial charge in [-0.25, -0.2) is 15.0 Å². The molecule has 0 saturated carbocycles. The summed E-state index contributed by atoms with van der Waals surface area (Å²) in [6.45, 7) is 4.24. The fourth-order valence-electron chi connectivity index (χ4n) is 2.63. The predicted molar refractivity (Wildman–Crippen MR) is 86.3 cm³/mol. The normalized spacial score (nSPS) is 26.7. The molecule has 1 unspecified atom stereocenters. The first-order chi connectivity index (χ1) is 11.5. The lowest BCUT2D eigenvalue weighted by Gasteiger charge is -2.16. The molecule has 1 saturated heterocycles. The van der Waals surface area contributed by atoms with Gasteiger partial charge >= 0.3 is 0 Å². The van der Waals surface area contributed by atoms with Crippen LogP contribution in [0.5, 0.6) is 0 Å². The van der Waals surface area contributed by atoms with E-state index in [1.165, 1.54) is 22.8 Å². The van der Waals surface area contributed by atoms with E-state index in [9.17, 15) is 15.3 Å². The molecule has 0 spiro atoms. The molecule has 2 aromatic heterocycles. The van der Waals surface area contributed by atoms with Crippen LogP contribution in [0.25, 0.3) is 11.2 Å². The van der Waals surface area contributed by atoms with Gasteiger partial charge in [-0.3, -0.25) is 4.57 Å². The van der Waals surface area contributed by atoms with Crippen LogP contribution in [0.1, 0.15) is 20.1 Å². The largest absolute Gasteiger partial charge is 0.394 e. The number of hydrogen-bond acceptors (Lipinski definition) is 8. The van der Waals surface area contributed by atoms with Crippen molar-refractivity contribution in [1.29, 1.82) is 0 Å². The Labute approximate surface area is 138 Å². The molecule has 0 radical (unpaired) electrons. The molecule has 4 atom stereocenters. The molecule has 0 bridgehead atoms. The zero-order valence-electron chi connectivity index (χ0n) is 13.5. The van der Waals surface area contributed by atoms with Crippen molar-refractivity contribution in [2.75, 3.05) is 18.5 Å². The molecule has 1 aliphatic heterocycles. The van der Waals surface area contributed by atoms with Crippen molar-refractivity contribution in [1.82, 2.24) is 19.5 Å². The second kappa shape index (κ2) is 6.81. The summed E-state index contributed by atoms with van der Waals surface area (Å²) in [4.78, 5) is 12.7. The average Bonchev–Trinajstić information content (AvgIpc) is 3.10. The number of imidazole rings is 1. The summed E-state index contributed by atoms with van der Waals surface area (Å²) < 4.78 is 7.06. The van der Waals surface area contributed by atoms with Crippen molar-refractivity contribution in [3.63, 3.8) is 0 Å². The molecule has 9 heteroatoms. The Balaban J connectivity index is 1.90. The van der Waals surface area contributed by atoms with Gasteiger partial charge < -0.3 is 25.4 Å². The highest BCUT2D eigenvalue weighted by atomic mass is 16.6. The van der Waals surface area contributed by atoms with E-state index >= 15 is 0 Å². The third kappa shape index (κ3) is 2.98. The van der Waals surface area contributed by atoms with Crippen LogP contribution in [-0.4, -0.2) is 66.3 Å². The maximum absolute atomic E-state index is 10.2. The molecule has 3 heterocycles. The molecular formula is C15H21N5O4. The van der Waals surface area contributed by atoms with Crippen LogP contribution in [0.15, 0.2) is 24.3 Å². The first kappa shape index (κ1) is 16.8. The van der Waals surface area contributed by atoms with Crippen LogP contribution in [-0.2, 0) is 4.74 Å². The van der Waals surface area contributed by atoms with E-state index in [-0.39, 0.29) is 6.61 Å². The summed E-state index contributed by atoms with van der Waals surface area (Å²) in [5, 5.41) is 32.4. The number of hydrogen-bond donors (Lipinski definition) is 4. The molecule has 130 valence electrons. The van der Waals surface area contributed by atoms with E-state index in [2.05, 4.69) is 20.3 Å². The highest BCUT2D eigenvalue weighted by Gasteiger charge is 2.43. The molecule has 1 fully saturated rings. The van der Waals surface area contributed by atoms with Crippen molar-refractivity contribution < 1.29 is 20.1 Å². The van der Waals surface area contributed by atoms with Gasteiger partial charge in [0.05, 0.1) is 12.9 Å². The lowest BCUT2D eigenvalue weighted by atomic mass is 10.1. The predicted octanol–water partition coefficient (Wildman–Crippen LogP) is -0.184. The fourth-order valence-corrected chi connectivity index (χ4v) is 2.63. The van der Waals surface area contributed by atoms with Gasteiger partial charge in [0, 0.05) is 6.54 Å². The van der Waals surface area contributed by atoms with Crippen LogP contribution in [0.4, 0.5) is 5.82 Å². The van der Waals surface area contributed by atoms with E-state index in [0.717, 1.165) is 0 Å². The monoisotopic (exact) mass is 335 g/mol. The smallest absolute Gasteiger partial charge is 0.167 e. The minimum atomic E-state index is -1.18.